The van der Waals surface area contributed by atoms with E-state index in [4.69, 9.17) is 11.5 Å². The van der Waals surface area contributed by atoms with E-state index in [2.05, 4.69) is 9.97 Å². The first-order chi connectivity index (χ1) is 6.79. The van der Waals surface area contributed by atoms with Gasteiger partial charge in [-0.2, -0.15) is 0 Å². The Hall–Kier alpha value is -2.10. The molecule has 0 spiro atoms. The zero-order valence-electron chi connectivity index (χ0n) is 7.46. The second-order valence-corrected chi connectivity index (χ2v) is 3.36. The number of hydrogen-bond donors (Lipinski definition) is 4. The van der Waals surface area contributed by atoms with Gasteiger partial charge in [-0.3, -0.25) is 0 Å². The number of fused-ring (bicyclic) bond motifs is 3. The van der Waals surface area contributed by atoms with Crippen molar-refractivity contribution in [2.45, 2.75) is 0 Å². The molecule has 6 N–H and O–H groups in total. The van der Waals surface area contributed by atoms with Crippen molar-refractivity contribution < 1.29 is 0 Å². The molecule has 0 amide bonds. The minimum absolute atomic E-state index is 0.611. The molecule has 2 heterocycles. The second kappa shape index (κ2) is 2.23. The van der Waals surface area contributed by atoms with E-state index >= 15 is 0 Å². The Morgan fingerprint density at radius 2 is 1.21 bits per heavy atom. The first-order valence-electron chi connectivity index (χ1n) is 4.40. The van der Waals surface area contributed by atoms with Crippen LogP contribution >= 0.6 is 0 Å². The molecule has 0 fully saturated rings. The van der Waals surface area contributed by atoms with Crippen LogP contribution in [0.5, 0.6) is 0 Å². The van der Waals surface area contributed by atoms with Crippen molar-refractivity contribution in [1.82, 2.24) is 9.97 Å². The lowest BCUT2D eigenvalue weighted by Crippen LogP contribution is -1.96. The molecule has 3 aromatic rings. The van der Waals surface area contributed by atoms with Crippen LogP contribution in [0.25, 0.3) is 21.8 Å². The number of nitrogen functional groups attached to an aromatic ring is 2. The number of rotatable bonds is 0. The van der Waals surface area contributed by atoms with E-state index in [1.807, 2.05) is 24.5 Å². The zero-order chi connectivity index (χ0) is 9.71. The van der Waals surface area contributed by atoms with E-state index in [1.165, 1.54) is 0 Å². The molecule has 14 heavy (non-hydrogen) atoms. The van der Waals surface area contributed by atoms with Gasteiger partial charge in [0.15, 0.2) is 0 Å². The molecule has 1 aromatic carbocycles. The summed E-state index contributed by atoms with van der Waals surface area (Å²) in [4.78, 5) is 6.18. The molecule has 0 saturated carbocycles. The Kier molecular flexibility index (Phi) is 1.16. The molecule has 0 bridgehead atoms. The molecule has 0 aliphatic heterocycles. The molecule has 4 heteroatoms. The monoisotopic (exact) mass is 186 g/mol. The van der Waals surface area contributed by atoms with Crippen LogP contribution in [0.15, 0.2) is 24.5 Å². The van der Waals surface area contributed by atoms with Gasteiger partial charge in [0.1, 0.15) is 0 Å². The fourth-order valence-electron chi connectivity index (χ4n) is 1.90. The summed E-state index contributed by atoms with van der Waals surface area (Å²) >= 11 is 0. The van der Waals surface area contributed by atoms with Gasteiger partial charge < -0.3 is 21.4 Å². The Labute approximate surface area is 79.9 Å². The van der Waals surface area contributed by atoms with Crippen LogP contribution in [0.2, 0.25) is 0 Å². The number of H-pyrrole nitrogens is 2. The topological polar surface area (TPSA) is 83.6 Å². The highest BCUT2D eigenvalue weighted by Gasteiger charge is 2.10. The van der Waals surface area contributed by atoms with Crippen LogP contribution < -0.4 is 11.5 Å². The maximum atomic E-state index is 5.91. The molecule has 0 aliphatic carbocycles. The maximum Gasteiger partial charge on any atom is 0.0815 e. The predicted octanol–water partition coefficient (Wildman–Crippen LogP) is 1.81. The summed E-state index contributed by atoms with van der Waals surface area (Å²) in [5.74, 6) is 0. The number of anilines is 2. The highest BCUT2D eigenvalue weighted by Crippen LogP contribution is 2.34. The lowest BCUT2D eigenvalue weighted by Gasteiger charge is -2.04. The van der Waals surface area contributed by atoms with Crippen LogP contribution in [0.1, 0.15) is 0 Å². The number of nitrogens with one attached hydrogen (secondary N) is 2. The van der Waals surface area contributed by atoms with Crippen LogP contribution in [0.3, 0.4) is 0 Å². The van der Waals surface area contributed by atoms with Crippen molar-refractivity contribution in [2.24, 2.45) is 0 Å². The van der Waals surface area contributed by atoms with E-state index < -0.39 is 0 Å². The number of benzene rings is 1. The molecule has 2 aromatic heterocycles. The van der Waals surface area contributed by atoms with Gasteiger partial charge in [0, 0.05) is 23.2 Å². The molecular formula is C10H10N4. The Morgan fingerprint density at radius 3 is 1.64 bits per heavy atom. The van der Waals surface area contributed by atoms with Gasteiger partial charge >= 0.3 is 0 Å². The summed E-state index contributed by atoms with van der Waals surface area (Å²) in [7, 11) is 0. The summed E-state index contributed by atoms with van der Waals surface area (Å²) in [6.07, 6.45) is 3.74. The summed E-state index contributed by atoms with van der Waals surface area (Å²) in [6, 6.07) is 4.00. The second-order valence-electron chi connectivity index (χ2n) is 3.36. The lowest BCUT2D eigenvalue weighted by molar-refractivity contribution is 1.46. The fourth-order valence-corrected chi connectivity index (χ4v) is 1.90. The van der Waals surface area contributed by atoms with Crippen molar-refractivity contribution in [3.05, 3.63) is 24.5 Å². The third kappa shape index (κ3) is 0.682. The SMILES string of the molecule is Nc1c(N)c2[nH]ccc2c2cc[nH]c12. The summed E-state index contributed by atoms with van der Waals surface area (Å²) < 4.78 is 0. The van der Waals surface area contributed by atoms with Crippen LogP contribution in [-0.4, -0.2) is 9.97 Å². The Balaban J connectivity index is 2.73. The molecule has 3 rings (SSSR count). The minimum Gasteiger partial charge on any atom is -0.395 e. The van der Waals surface area contributed by atoms with E-state index in [9.17, 15) is 0 Å². The first kappa shape index (κ1) is 7.32. The molecule has 0 saturated heterocycles. The first-order valence-corrected chi connectivity index (χ1v) is 4.40. The van der Waals surface area contributed by atoms with Gasteiger partial charge in [0.05, 0.1) is 22.4 Å². The van der Waals surface area contributed by atoms with E-state index in [-0.39, 0.29) is 0 Å². The normalized spacial score (nSPS) is 11.4. The summed E-state index contributed by atoms with van der Waals surface area (Å²) in [5, 5.41) is 2.21. The van der Waals surface area contributed by atoms with Gasteiger partial charge in [-0.05, 0) is 12.1 Å². The van der Waals surface area contributed by atoms with Crippen molar-refractivity contribution in [3.63, 3.8) is 0 Å². The summed E-state index contributed by atoms with van der Waals surface area (Å²) in [5.41, 5.74) is 14.9. The third-order valence-corrected chi connectivity index (χ3v) is 2.61. The highest BCUT2D eigenvalue weighted by molar-refractivity contribution is 6.16. The molecule has 70 valence electrons. The average molecular weight is 186 g/mol. The molecule has 0 aliphatic rings. The average Bonchev–Trinajstić information content (AvgIpc) is 2.80. The number of aromatic nitrogens is 2. The van der Waals surface area contributed by atoms with E-state index in [0.717, 1.165) is 21.8 Å². The Morgan fingerprint density at radius 1 is 0.786 bits per heavy atom. The van der Waals surface area contributed by atoms with Crippen molar-refractivity contribution in [3.8, 4) is 0 Å². The highest BCUT2D eigenvalue weighted by atomic mass is 14.8. The molecule has 0 unspecified atom stereocenters. The number of hydrogen-bond acceptors (Lipinski definition) is 2. The molecule has 0 radical (unpaired) electrons. The van der Waals surface area contributed by atoms with Gasteiger partial charge in [-0.25, -0.2) is 0 Å². The Bertz CT molecular complexity index is 562. The van der Waals surface area contributed by atoms with Crippen LogP contribution in [0.4, 0.5) is 11.4 Å². The molecule has 0 atom stereocenters. The van der Waals surface area contributed by atoms with E-state index in [0.29, 0.717) is 11.4 Å². The lowest BCUT2D eigenvalue weighted by atomic mass is 10.1. The van der Waals surface area contributed by atoms with Gasteiger partial charge in [0.25, 0.3) is 0 Å². The summed E-state index contributed by atoms with van der Waals surface area (Å²) in [6.45, 7) is 0. The van der Waals surface area contributed by atoms with Gasteiger partial charge in [-0.1, -0.05) is 0 Å². The maximum absolute atomic E-state index is 5.91. The van der Waals surface area contributed by atoms with E-state index in [1.54, 1.807) is 0 Å². The van der Waals surface area contributed by atoms with Gasteiger partial charge in [-0.15, -0.1) is 0 Å². The molecule has 4 nitrogen and oxygen atoms in total. The van der Waals surface area contributed by atoms with Crippen molar-refractivity contribution in [2.75, 3.05) is 11.5 Å². The minimum atomic E-state index is 0.611. The third-order valence-electron chi connectivity index (χ3n) is 2.61. The van der Waals surface area contributed by atoms with Crippen LogP contribution in [-0.2, 0) is 0 Å². The van der Waals surface area contributed by atoms with Crippen molar-refractivity contribution >= 4 is 33.2 Å². The van der Waals surface area contributed by atoms with Crippen LogP contribution in [0, 0.1) is 0 Å². The number of nitrogens with two attached hydrogens (primary N) is 2. The predicted molar refractivity (Wildman–Crippen MR) is 59.0 cm³/mol. The quantitative estimate of drug-likeness (QED) is 0.319. The van der Waals surface area contributed by atoms with Crippen molar-refractivity contribution in [1.29, 1.82) is 0 Å². The van der Waals surface area contributed by atoms with Gasteiger partial charge in [0.2, 0.25) is 0 Å². The largest absolute Gasteiger partial charge is 0.395 e. The fraction of sp³-hybridized carbons (Fsp3) is 0. The standard InChI is InChI=1S/C10H10N4/c11-7-8(12)10-6(2-4-14-10)5-1-3-13-9(5)7/h1-4,13-14H,11-12H2. The molecular weight excluding hydrogens is 176 g/mol. The number of aromatic amines is 2. The smallest absolute Gasteiger partial charge is 0.0815 e. The zero-order valence-corrected chi connectivity index (χ0v) is 7.46.